The van der Waals surface area contributed by atoms with Crippen molar-refractivity contribution in [1.82, 2.24) is 0 Å². The number of allylic oxidation sites excluding steroid dienone is 1. The molecule has 0 aromatic heterocycles. The topological polar surface area (TPSA) is 134 Å². The number of hydrogen-bond acceptors (Lipinski definition) is 8. The molecule has 0 saturated heterocycles. The molecule has 8 heteroatoms. The monoisotopic (exact) mass is 723 g/mol. The molecule has 1 aliphatic carbocycles. The fourth-order valence-corrected chi connectivity index (χ4v) is 7.01. The Bertz CT molecular complexity index is 902. The van der Waals surface area contributed by atoms with Crippen LogP contribution in [0.5, 0.6) is 0 Å². The van der Waals surface area contributed by atoms with Crippen LogP contribution in [0, 0.1) is 17.8 Å². The minimum Gasteiger partial charge on any atom is -0.461 e. The fourth-order valence-electron chi connectivity index (χ4n) is 7.01. The third-order valence-electron chi connectivity index (χ3n) is 10.3. The molecule has 6 atom stereocenters. The molecule has 1 aliphatic rings. The van der Waals surface area contributed by atoms with Crippen molar-refractivity contribution in [1.29, 1.82) is 0 Å². The lowest BCUT2D eigenvalue weighted by molar-refractivity contribution is -0.161. The van der Waals surface area contributed by atoms with Crippen molar-refractivity contribution in [2.45, 2.75) is 206 Å². The number of unbranched alkanes of at least 4 members (excludes halogenated alkanes) is 17. The average molecular weight is 723 g/mol. The largest absolute Gasteiger partial charge is 0.461 e. The third-order valence-corrected chi connectivity index (χ3v) is 10.3. The number of carbonyl (C=O) groups excluding carboxylic acids is 2. The average Bonchev–Trinajstić information content (AvgIpc) is 3.37. The number of aliphatic hydroxyl groups excluding tert-OH is 4. The number of aliphatic hydroxyl groups is 4. The number of rotatable bonds is 33. The van der Waals surface area contributed by atoms with Gasteiger partial charge in [0.25, 0.3) is 0 Å². The molecular formula is C43H78O8. The zero-order valence-corrected chi connectivity index (χ0v) is 32.9. The van der Waals surface area contributed by atoms with Crippen LogP contribution in [-0.2, 0) is 19.1 Å². The van der Waals surface area contributed by atoms with Gasteiger partial charge < -0.3 is 29.9 Å². The summed E-state index contributed by atoms with van der Waals surface area (Å²) in [5, 5.41) is 40.7. The Morgan fingerprint density at radius 2 is 1.27 bits per heavy atom. The van der Waals surface area contributed by atoms with E-state index in [2.05, 4.69) is 20.8 Å². The second kappa shape index (κ2) is 31.8. The van der Waals surface area contributed by atoms with E-state index in [0.717, 1.165) is 44.4 Å². The highest BCUT2D eigenvalue weighted by atomic mass is 16.6. The van der Waals surface area contributed by atoms with Crippen LogP contribution in [0.3, 0.4) is 0 Å². The molecule has 0 bridgehead atoms. The van der Waals surface area contributed by atoms with E-state index in [1.165, 1.54) is 89.9 Å². The van der Waals surface area contributed by atoms with Crippen LogP contribution in [-0.4, -0.2) is 70.0 Å². The van der Waals surface area contributed by atoms with Gasteiger partial charge in [-0.3, -0.25) is 9.59 Å². The van der Waals surface area contributed by atoms with Crippen LogP contribution in [0.4, 0.5) is 0 Å². The minimum absolute atomic E-state index is 0.00692. The molecule has 0 aromatic rings. The van der Waals surface area contributed by atoms with Crippen molar-refractivity contribution in [2.24, 2.45) is 17.8 Å². The second-order valence-electron chi connectivity index (χ2n) is 15.5. The highest BCUT2D eigenvalue weighted by molar-refractivity contribution is 5.71. The first-order valence-corrected chi connectivity index (χ1v) is 21.0. The molecule has 8 nitrogen and oxygen atoms in total. The van der Waals surface area contributed by atoms with Crippen molar-refractivity contribution >= 4 is 11.9 Å². The summed E-state index contributed by atoms with van der Waals surface area (Å²) in [6.45, 7) is 6.12. The van der Waals surface area contributed by atoms with Gasteiger partial charge in [0.05, 0.1) is 31.3 Å². The first kappa shape index (κ1) is 47.3. The van der Waals surface area contributed by atoms with Gasteiger partial charge >= 0.3 is 11.9 Å². The Kier molecular flexibility index (Phi) is 29.4. The van der Waals surface area contributed by atoms with Gasteiger partial charge in [0.1, 0.15) is 6.61 Å². The Balaban J connectivity index is 2.08. The van der Waals surface area contributed by atoms with Gasteiger partial charge in [-0.25, -0.2) is 0 Å². The van der Waals surface area contributed by atoms with Gasteiger partial charge in [-0.1, -0.05) is 167 Å². The minimum atomic E-state index is -0.884. The van der Waals surface area contributed by atoms with E-state index < -0.39 is 37.0 Å². The van der Waals surface area contributed by atoms with E-state index in [4.69, 9.17) is 9.47 Å². The molecular weight excluding hydrogens is 644 g/mol. The van der Waals surface area contributed by atoms with E-state index in [-0.39, 0.29) is 37.3 Å². The normalized spacial score (nSPS) is 20.5. The first-order valence-electron chi connectivity index (χ1n) is 21.0. The Morgan fingerprint density at radius 3 is 1.82 bits per heavy atom. The van der Waals surface area contributed by atoms with Crippen LogP contribution in [0.15, 0.2) is 24.3 Å². The zero-order chi connectivity index (χ0) is 37.5. The van der Waals surface area contributed by atoms with Crippen molar-refractivity contribution in [2.75, 3.05) is 13.2 Å². The lowest BCUT2D eigenvalue weighted by atomic mass is 9.89. The van der Waals surface area contributed by atoms with E-state index in [9.17, 15) is 30.0 Å². The summed E-state index contributed by atoms with van der Waals surface area (Å²) in [5.74, 6) is -0.520. The van der Waals surface area contributed by atoms with Crippen LogP contribution in [0.1, 0.15) is 181 Å². The predicted molar refractivity (Wildman–Crippen MR) is 207 cm³/mol. The summed E-state index contributed by atoms with van der Waals surface area (Å²) >= 11 is 0. The summed E-state index contributed by atoms with van der Waals surface area (Å²) in [4.78, 5) is 24.5. The summed E-state index contributed by atoms with van der Waals surface area (Å²) in [5.41, 5.74) is 0. The number of esters is 2. The zero-order valence-electron chi connectivity index (χ0n) is 32.9. The molecule has 0 heterocycles. The quantitative estimate of drug-likeness (QED) is 0.0299. The standard InChI is InChI=1S/C43H78O8/c1-4-5-20-26-36(45)30-31-39-38(40(46)32-41(39)47)27-23-24-28-42(48)50-34-37(33-44)51-43(49)29-22-19-17-15-13-11-9-7-6-8-10-12-14-16-18-21-25-35(2)3/h23-24,30-31,35-41,44-47H,4-22,25-29,32-34H2,1-3H3/b24-23-,31-30+/t36-,37+,38+,39-,40+,41-/m1/s1. The maximum atomic E-state index is 12.3. The lowest BCUT2D eigenvalue weighted by Gasteiger charge is -2.19. The van der Waals surface area contributed by atoms with Crippen molar-refractivity contribution in [3.63, 3.8) is 0 Å². The highest BCUT2D eigenvalue weighted by Gasteiger charge is 2.39. The lowest BCUT2D eigenvalue weighted by Crippen LogP contribution is -2.28. The molecule has 0 aromatic carbocycles. The molecule has 0 spiro atoms. The molecule has 0 radical (unpaired) electrons. The van der Waals surface area contributed by atoms with Crippen molar-refractivity contribution in [3.05, 3.63) is 24.3 Å². The van der Waals surface area contributed by atoms with E-state index in [0.29, 0.717) is 19.3 Å². The fraction of sp³-hybridized carbons (Fsp3) is 0.860. The van der Waals surface area contributed by atoms with Crippen molar-refractivity contribution < 1.29 is 39.5 Å². The number of ether oxygens (including phenoxy) is 2. The Hall–Kier alpha value is -1.74. The van der Waals surface area contributed by atoms with Crippen LogP contribution in [0.25, 0.3) is 0 Å². The van der Waals surface area contributed by atoms with Crippen LogP contribution >= 0.6 is 0 Å². The molecule has 0 aliphatic heterocycles. The maximum absolute atomic E-state index is 12.3. The van der Waals surface area contributed by atoms with Gasteiger partial charge in [0.15, 0.2) is 6.10 Å². The molecule has 0 amide bonds. The second-order valence-corrected chi connectivity index (χ2v) is 15.5. The SMILES string of the molecule is CCCCC[C@@H](O)/C=C/[C@@H]1[C@H](C/C=C\CC(=O)OC[C@H](CO)OC(=O)CCCCCCCCCCCCCCCCCCC(C)C)[C@@H](O)C[C@H]1O. The molecule has 1 fully saturated rings. The Labute approximate surface area is 311 Å². The summed E-state index contributed by atoms with van der Waals surface area (Å²) in [6.07, 6.45) is 30.8. The molecule has 1 rings (SSSR count). The van der Waals surface area contributed by atoms with Gasteiger partial charge in [-0.05, 0) is 31.1 Å². The third kappa shape index (κ3) is 25.8. The maximum Gasteiger partial charge on any atom is 0.309 e. The van der Waals surface area contributed by atoms with Gasteiger partial charge in [-0.2, -0.15) is 0 Å². The van der Waals surface area contributed by atoms with Crippen LogP contribution in [0.2, 0.25) is 0 Å². The number of carbonyl (C=O) groups is 2. The van der Waals surface area contributed by atoms with E-state index in [1.807, 2.05) is 6.08 Å². The highest BCUT2D eigenvalue weighted by Crippen LogP contribution is 2.36. The first-order chi connectivity index (χ1) is 24.7. The van der Waals surface area contributed by atoms with E-state index >= 15 is 0 Å². The number of hydrogen-bond donors (Lipinski definition) is 4. The van der Waals surface area contributed by atoms with Gasteiger partial charge in [0.2, 0.25) is 0 Å². The van der Waals surface area contributed by atoms with E-state index in [1.54, 1.807) is 18.2 Å². The molecule has 51 heavy (non-hydrogen) atoms. The van der Waals surface area contributed by atoms with Gasteiger partial charge in [-0.15, -0.1) is 0 Å². The molecule has 298 valence electrons. The Morgan fingerprint density at radius 1 is 0.725 bits per heavy atom. The van der Waals surface area contributed by atoms with Crippen LogP contribution < -0.4 is 0 Å². The molecule has 0 unspecified atom stereocenters. The molecule has 4 N–H and O–H groups in total. The predicted octanol–water partition coefficient (Wildman–Crippen LogP) is 9.30. The van der Waals surface area contributed by atoms with Crippen molar-refractivity contribution in [3.8, 4) is 0 Å². The van der Waals surface area contributed by atoms with Gasteiger partial charge in [0, 0.05) is 18.8 Å². The molecule has 1 saturated carbocycles. The summed E-state index contributed by atoms with van der Waals surface area (Å²) in [7, 11) is 0. The smallest absolute Gasteiger partial charge is 0.309 e. The summed E-state index contributed by atoms with van der Waals surface area (Å²) < 4.78 is 10.5. The summed E-state index contributed by atoms with van der Waals surface area (Å²) in [6, 6.07) is 0.